The number of nitro groups is 2. The van der Waals surface area contributed by atoms with E-state index in [-0.39, 0.29) is 5.56 Å². The minimum Gasteiger partial charge on any atom is -0.863 e. The number of nitrogens with one attached hydrogen (secondary N) is 1. The molecule has 1 amide bonds. The maximum absolute atomic E-state index is 11.5. The number of aliphatic carboxylic acids is 1. The van der Waals surface area contributed by atoms with E-state index in [0.717, 1.165) is 19.1 Å². The molecule has 0 aliphatic heterocycles. The molecule has 0 radical (unpaired) electrons. The van der Waals surface area contributed by atoms with Gasteiger partial charge in [0.15, 0.2) is 0 Å². The highest BCUT2D eigenvalue weighted by Crippen LogP contribution is 2.34. The first-order chi connectivity index (χ1) is 10.1. The van der Waals surface area contributed by atoms with Gasteiger partial charge in [0.25, 0.3) is 11.4 Å². The van der Waals surface area contributed by atoms with Gasteiger partial charge in [0.2, 0.25) is 5.91 Å². The zero-order valence-electron chi connectivity index (χ0n) is 11.1. The van der Waals surface area contributed by atoms with Crippen molar-refractivity contribution >= 4 is 23.3 Å². The lowest BCUT2D eigenvalue weighted by Gasteiger charge is -2.19. The van der Waals surface area contributed by atoms with E-state index in [1.807, 2.05) is 5.32 Å². The molecule has 0 unspecified atom stereocenters. The molecule has 0 spiro atoms. The smallest absolute Gasteiger partial charge is 0.268 e. The molecule has 22 heavy (non-hydrogen) atoms. The standard InChI is InChI=1S/C11H11N3O8/c1-5(15)12-7(11(17)18)2-6-3-8(13(19)20)10(16)9(4-6)14(21)22/h3-4,7,16H,2H2,1H3,(H,12,15)(H,17,18)/p-2/t7-/m1/s1. The van der Waals surface area contributed by atoms with Crippen molar-refractivity contribution in [3.63, 3.8) is 0 Å². The summed E-state index contributed by atoms with van der Waals surface area (Å²) >= 11 is 0. The molecule has 118 valence electrons. The van der Waals surface area contributed by atoms with Gasteiger partial charge < -0.3 is 20.3 Å². The summed E-state index contributed by atoms with van der Waals surface area (Å²) < 4.78 is 0. The third-order valence-corrected chi connectivity index (χ3v) is 2.60. The number of rotatable bonds is 6. The summed E-state index contributed by atoms with van der Waals surface area (Å²) in [6, 6.07) is -0.0885. The Kier molecular flexibility index (Phi) is 4.95. The average molecular weight is 311 g/mol. The quantitative estimate of drug-likeness (QED) is 0.480. The van der Waals surface area contributed by atoms with Gasteiger partial charge in [0.1, 0.15) is 0 Å². The number of nitrogens with zero attached hydrogens (tertiary/aromatic N) is 2. The first-order valence-electron chi connectivity index (χ1n) is 5.74. The van der Waals surface area contributed by atoms with Crippen molar-refractivity contribution in [1.82, 2.24) is 5.32 Å². The lowest BCUT2D eigenvalue weighted by atomic mass is 10.0. The van der Waals surface area contributed by atoms with Gasteiger partial charge in [-0.3, -0.25) is 25.0 Å². The summed E-state index contributed by atoms with van der Waals surface area (Å²) in [7, 11) is 0. The van der Waals surface area contributed by atoms with Gasteiger partial charge in [-0.15, -0.1) is 0 Å². The van der Waals surface area contributed by atoms with E-state index >= 15 is 0 Å². The molecule has 1 aromatic carbocycles. The average Bonchev–Trinajstić information content (AvgIpc) is 2.38. The van der Waals surface area contributed by atoms with Crippen LogP contribution in [0.1, 0.15) is 12.5 Å². The second-order valence-electron chi connectivity index (χ2n) is 4.25. The Hall–Kier alpha value is -3.24. The van der Waals surface area contributed by atoms with Crippen molar-refractivity contribution < 1.29 is 29.6 Å². The minimum atomic E-state index is -1.67. The summed E-state index contributed by atoms with van der Waals surface area (Å²) in [5.74, 6) is -3.76. The van der Waals surface area contributed by atoms with Crippen LogP contribution in [0.2, 0.25) is 0 Å². The molecule has 0 saturated carbocycles. The van der Waals surface area contributed by atoms with Gasteiger partial charge in [-0.25, -0.2) is 0 Å². The highest BCUT2D eigenvalue weighted by molar-refractivity contribution is 5.81. The van der Waals surface area contributed by atoms with Crippen molar-refractivity contribution in [2.45, 2.75) is 19.4 Å². The zero-order valence-corrected chi connectivity index (χ0v) is 11.1. The fourth-order valence-electron chi connectivity index (χ4n) is 1.72. The number of carboxylic acid groups (broad SMARTS) is 1. The summed E-state index contributed by atoms with van der Waals surface area (Å²) in [6.45, 7) is 1.04. The Morgan fingerprint density at radius 2 is 1.64 bits per heavy atom. The molecule has 0 aliphatic rings. The number of hydrogen-bond donors (Lipinski definition) is 1. The Morgan fingerprint density at radius 1 is 1.18 bits per heavy atom. The molecule has 11 heteroatoms. The number of carboxylic acids is 1. The summed E-state index contributed by atoms with van der Waals surface area (Å²) in [6.07, 6.45) is -0.510. The first-order valence-corrected chi connectivity index (χ1v) is 5.74. The highest BCUT2D eigenvalue weighted by atomic mass is 16.6. The van der Waals surface area contributed by atoms with Crippen molar-refractivity contribution in [1.29, 1.82) is 0 Å². The predicted molar refractivity (Wildman–Crippen MR) is 65.5 cm³/mol. The first kappa shape index (κ1) is 16.8. The largest absolute Gasteiger partial charge is 0.863 e. The van der Waals surface area contributed by atoms with Gasteiger partial charge >= 0.3 is 0 Å². The second-order valence-corrected chi connectivity index (χ2v) is 4.25. The Bertz CT molecular complexity index is 622. The fourth-order valence-corrected chi connectivity index (χ4v) is 1.72. The van der Waals surface area contributed by atoms with E-state index in [9.17, 15) is 40.0 Å². The molecular weight excluding hydrogens is 302 g/mol. The molecule has 1 aromatic rings. The molecule has 0 aromatic heterocycles. The van der Waals surface area contributed by atoms with Crippen LogP contribution in [0.4, 0.5) is 11.4 Å². The molecule has 1 rings (SSSR count). The van der Waals surface area contributed by atoms with Crippen molar-refractivity contribution in [2.24, 2.45) is 0 Å². The monoisotopic (exact) mass is 311 g/mol. The Balaban J connectivity index is 3.29. The number of carbonyl (C=O) groups is 2. The van der Waals surface area contributed by atoms with E-state index < -0.39 is 51.3 Å². The zero-order chi connectivity index (χ0) is 17.0. The fraction of sp³-hybridized carbons (Fsp3) is 0.273. The van der Waals surface area contributed by atoms with Crippen LogP contribution in [0.25, 0.3) is 0 Å². The molecule has 0 saturated heterocycles. The topological polar surface area (TPSA) is 179 Å². The van der Waals surface area contributed by atoms with E-state index in [4.69, 9.17) is 0 Å². The van der Waals surface area contributed by atoms with Gasteiger partial charge in [-0.05, 0) is 12.0 Å². The van der Waals surface area contributed by atoms with E-state index in [1.54, 1.807) is 0 Å². The summed E-state index contributed by atoms with van der Waals surface area (Å²) in [5.41, 5.74) is -2.27. The van der Waals surface area contributed by atoms with E-state index in [2.05, 4.69) is 0 Å². The molecule has 0 heterocycles. The molecule has 0 bridgehead atoms. The molecule has 11 nitrogen and oxygen atoms in total. The molecular formula is C11H9N3O8-2. The number of benzene rings is 1. The van der Waals surface area contributed by atoms with E-state index in [0.29, 0.717) is 0 Å². The van der Waals surface area contributed by atoms with Crippen LogP contribution in [0.3, 0.4) is 0 Å². The van der Waals surface area contributed by atoms with Gasteiger partial charge in [-0.2, -0.15) is 0 Å². The van der Waals surface area contributed by atoms with Crippen LogP contribution in [0.5, 0.6) is 5.75 Å². The van der Waals surface area contributed by atoms with Crippen LogP contribution in [-0.4, -0.2) is 27.8 Å². The van der Waals surface area contributed by atoms with Crippen LogP contribution in [0, 0.1) is 20.2 Å². The van der Waals surface area contributed by atoms with Crippen LogP contribution >= 0.6 is 0 Å². The normalized spacial score (nSPS) is 11.5. The van der Waals surface area contributed by atoms with E-state index in [1.165, 1.54) is 0 Å². The third-order valence-electron chi connectivity index (χ3n) is 2.60. The lowest BCUT2D eigenvalue weighted by molar-refractivity contribution is -0.416. The molecule has 1 atom stereocenters. The van der Waals surface area contributed by atoms with Crippen LogP contribution in [-0.2, 0) is 16.0 Å². The van der Waals surface area contributed by atoms with Crippen molar-refractivity contribution in [3.05, 3.63) is 37.9 Å². The molecule has 0 aliphatic carbocycles. The number of amides is 1. The van der Waals surface area contributed by atoms with Crippen molar-refractivity contribution in [3.8, 4) is 5.75 Å². The summed E-state index contributed by atoms with van der Waals surface area (Å²) in [4.78, 5) is 41.0. The number of nitro benzene ring substituents is 2. The lowest BCUT2D eigenvalue weighted by Crippen LogP contribution is -2.48. The van der Waals surface area contributed by atoms with Crippen LogP contribution in [0.15, 0.2) is 12.1 Å². The predicted octanol–water partition coefficient (Wildman–Crippen LogP) is -1.63. The minimum absolute atomic E-state index is 0.166. The molecule has 0 fully saturated rings. The molecule has 1 N–H and O–H groups in total. The van der Waals surface area contributed by atoms with Gasteiger partial charge in [0, 0.05) is 19.1 Å². The number of carbonyl (C=O) groups excluding carboxylic acids is 2. The maximum Gasteiger partial charge on any atom is 0.268 e. The maximum atomic E-state index is 11.5. The Labute approximate surface area is 122 Å². The SMILES string of the molecule is CC(=O)N[C@H](Cc1cc([N+](=O)[O-])c([O-])c([N+](=O)[O-])c1)C(=O)[O-]. The van der Waals surface area contributed by atoms with Gasteiger partial charge in [-0.1, -0.05) is 0 Å². The van der Waals surface area contributed by atoms with Crippen molar-refractivity contribution in [2.75, 3.05) is 0 Å². The number of hydrogen-bond acceptors (Lipinski definition) is 8. The third kappa shape index (κ3) is 3.88. The highest BCUT2D eigenvalue weighted by Gasteiger charge is 2.22. The second kappa shape index (κ2) is 6.47. The van der Waals surface area contributed by atoms with Crippen LogP contribution < -0.4 is 15.5 Å². The Morgan fingerprint density at radius 3 is 1.95 bits per heavy atom. The summed E-state index contributed by atoms with van der Waals surface area (Å²) in [5, 5.41) is 45.9. The van der Waals surface area contributed by atoms with Gasteiger partial charge in [0.05, 0.1) is 27.6 Å².